The lowest BCUT2D eigenvalue weighted by Gasteiger charge is -2.22. The maximum Gasteiger partial charge on any atom is 0.184 e. The number of nitrogens with one attached hydrogen (secondary N) is 1. The molecule has 0 amide bonds. The molecule has 0 unspecified atom stereocenters. The van der Waals surface area contributed by atoms with E-state index in [2.05, 4.69) is 15.3 Å². The number of nitrogens with zero attached hydrogens (tertiary/aromatic N) is 2. The number of hydrogen-bond acceptors (Lipinski definition) is 5. The lowest BCUT2D eigenvalue weighted by molar-refractivity contribution is 0.462. The van der Waals surface area contributed by atoms with Gasteiger partial charge in [0.25, 0.3) is 0 Å². The maximum atomic E-state index is 13.7. The summed E-state index contributed by atoms with van der Waals surface area (Å²) in [7, 11) is 0. The van der Waals surface area contributed by atoms with Crippen LogP contribution in [0.3, 0.4) is 0 Å². The van der Waals surface area contributed by atoms with Crippen LogP contribution in [0.25, 0.3) is 21.1 Å². The molecule has 4 nitrogen and oxygen atoms in total. The number of rotatable bonds is 4. The molecule has 0 aliphatic heterocycles. The molecule has 0 bridgehead atoms. The Morgan fingerprint density at radius 1 is 0.966 bits per heavy atom. The van der Waals surface area contributed by atoms with Gasteiger partial charge in [-0.25, -0.2) is 13.8 Å². The van der Waals surface area contributed by atoms with E-state index >= 15 is 0 Å². The molecule has 0 spiro atoms. The smallest absolute Gasteiger partial charge is 0.184 e. The summed E-state index contributed by atoms with van der Waals surface area (Å²) in [5.74, 6) is -0.807. The third kappa shape index (κ3) is 3.74. The molecule has 148 valence electrons. The summed E-state index contributed by atoms with van der Waals surface area (Å²) in [5.41, 5.74) is 1.26. The van der Waals surface area contributed by atoms with Gasteiger partial charge in [-0.3, -0.25) is 4.98 Å². The summed E-state index contributed by atoms with van der Waals surface area (Å²) >= 11 is 1.60. The molecular weight excluding hydrogens is 392 g/mol. The summed E-state index contributed by atoms with van der Waals surface area (Å²) < 4.78 is 34.2. The van der Waals surface area contributed by atoms with Crippen LogP contribution < -0.4 is 10.1 Å². The molecule has 1 fully saturated rings. The van der Waals surface area contributed by atoms with Crippen molar-refractivity contribution in [2.24, 2.45) is 0 Å². The minimum absolute atomic E-state index is 0.347. The second-order valence-corrected chi connectivity index (χ2v) is 8.35. The minimum atomic E-state index is -0.925. The number of halogens is 2. The third-order valence-electron chi connectivity index (χ3n) is 5.26. The molecule has 1 aliphatic carbocycles. The fraction of sp³-hybridized carbons (Fsp3) is 0.273. The predicted molar refractivity (Wildman–Crippen MR) is 112 cm³/mol. The highest BCUT2D eigenvalue weighted by molar-refractivity contribution is 7.22. The monoisotopic (exact) mass is 411 g/mol. The van der Waals surface area contributed by atoms with E-state index < -0.39 is 11.6 Å². The number of ether oxygens (including phenoxy) is 1. The molecule has 0 saturated heterocycles. The first kappa shape index (κ1) is 18.2. The average Bonchev–Trinajstić information content (AvgIpc) is 3.12. The highest BCUT2D eigenvalue weighted by Gasteiger charge is 2.15. The van der Waals surface area contributed by atoms with E-state index in [4.69, 9.17) is 4.74 Å². The molecule has 2 aromatic carbocycles. The normalized spacial score (nSPS) is 15.1. The fourth-order valence-electron chi connectivity index (χ4n) is 3.78. The number of thiazole rings is 1. The molecule has 0 atom stereocenters. The van der Waals surface area contributed by atoms with Crippen LogP contribution in [-0.4, -0.2) is 16.0 Å². The molecule has 1 saturated carbocycles. The summed E-state index contributed by atoms with van der Waals surface area (Å²) in [6, 6.07) is 10.0. The van der Waals surface area contributed by atoms with E-state index in [9.17, 15) is 8.78 Å². The Kier molecular flexibility index (Phi) is 4.75. The average molecular weight is 411 g/mol. The minimum Gasteiger partial charge on any atom is -0.457 e. The molecule has 4 aromatic rings. The number of aromatic nitrogens is 2. The van der Waals surface area contributed by atoms with E-state index in [1.807, 2.05) is 18.2 Å². The second kappa shape index (κ2) is 7.55. The van der Waals surface area contributed by atoms with E-state index in [0.29, 0.717) is 28.4 Å². The summed E-state index contributed by atoms with van der Waals surface area (Å²) in [6.45, 7) is 0. The van der Waals surface area contributed by atoms with Crippen LogP contribution in [0.5, 0.6) is 11.5 Å². The highest BCUT2D eigenvalue weighted by Crippen LogP contribution is 2.34. The van der Waals surface area contributed by atoms with Crippen molar-refractivity contribution in [3.05, 3.63) is 54.2 Å². The standard InChI is InChI=1S/C22H19F2N3OS/c23-16-11-15-19(12-17(16)24)25-9-8-20(15)28-14-6-7-18-21(10-14)29-22(27-18)26-13-4-2-1-3-5-13/h6-13H,1-5H2,(H,26,27). The van der Waals surface area contributed by atoms with Crippen LogP contribution in [-0.2, 0) is 0 Å². The molecule has 1 aliphatic rings. The van der Waals surface area contributed by atoms with Crippen molar-refractivity contribution in [3.8, 4) is 11.5 Å². The Balaban J connectivity index is 1.42. The molecule has 7 heteroatoms. The van der Waals surface area contributed by atoms with Gasteiger partial charge < -0.3 is 10.1 Å². The predicted octanol–water partition coefficient (Wildman–Crippen LogP) is 6.66. The quantitative estimate of drug-likeness (QED) is 0.408. The Morgan fingerprint density at radius 3 is 2.66 bits per heavy atom. The lowest BCUT2D eigenvalue weighted by Crippen LogP contribution is -2.21. The second-order valence-electron chi connectivity index (χ2n) is 7.32. The zero-order valence-corrected chi connectivity index (χ0v) is 16.4. The number of fused-ring (bicyclic) bond motifs is 2. The molecule has 1 N–H and O–H groups in total. The largest absolute Gasteiger partial charge is 0.457 e. The van der Waals surface area contributed by atoms with Crippen LogP contribution in [0.1, 0.15) is 32.1 Å². The van der Waals surface area contributed by atoms with Crippen molar-refractivity contribution in [2.45, 2.75) is 38.1 Å². The van der Waals surface area contributed by atoms with Gasteiger partial charge in [-0.15, -0.1) is 0 Å². The first-order valence-corrected chi connectivity index (χ1v) is 10.6. The van der Waals surface area contributed by atoms with Crippen molar-refractivity contribution in [2.75, 3.05) is 5.32 Å². The Labute approximate surface area is 170 Å². The fourth-order valence-corrected chi connectivity index (χ4v) is 4.75. The van der Waals surface area contributed by atoms with Crippen molar-refractivity contribution in [1.29, 1.82) is 0 Å². The molecule has 2 heterocycles. The van der Waals surface area contributed by atoms with Crippen molar-refractivity contribution >= 4 is 37.6 Å². The van der Waals surface area contributed by atoms with E-state index in [-0.39, 0.29) is 0 Å². The molecule has 5 rings (SSSR count). The first-order chi connectivity index (χ1) is 14.2. The van der Waals surface area contributed by atoms with Crippen LogP contribution in [0.2, 0.25) is 0 Å². The zero-order valence-electron chi connectivity index (χ0n) is 15.6. The van der Waals surface area contributed by atoms with Gasteiger partial charge in [0.1, 0.15) is 11.5 Å². The van der Waals surface area contributed by atoms with Gasteiger partial charge in [0, 0.05) is 29.8 Å². The third-order valence-corrected chi connectivity index (χ3v) is 6.21. The molecule has 2 aromatic heterocycles. The topological polar surface area (TPSA) is 47.0 Å². The van der Waals surface area contributed by atoms with Crippen LogP contribution >= 0.6 is 11.3 Å². The summed E-state index contributed by atoms with van der Waals surface area (Å²) in [4.78, 5) is 8.77. The van der Waals surface area contributed by atoms with Crippen LogP contribution in [0.4, 0.5) is 13.9 Å². The van der Waals surface area contributed by atoms with Gasteiger partial charge in [-0.05, 0) is 37.1 Å². The van der Waals surface area contributed by atoms with Gasteiger partial charge in [0.2, 0.25) is 0 Å². The Bertz CT molecular complexity index is 1190. The highest BCUT2D eigenvalue weighted by atomic mass is 32.1. The van der Waals surface area contributed by atoms with E-state index in [1.54, 1.807) is 17.4 Å². The SMILES string of the molecule is Fc1cc2nccc(Oc3ccc4nc(NC5CCCCC5)sc4c3)c2cc1F. The van der Waals surface area contributed by atoms with E-state index in [1.165, 1.54) is 38.3 Å². The van der Waals surface area contributed by atoms with Gasteiger partial charge in [-0.2, -0.15) is 0 Å². The van der Waals surface area contributed by atoms with Crippen LogP contribution in [0, 0.1) is 11.6 Å². The van der Waals surface area contributed by atoms with Crippen molar-refractivity contribution in [1.82, 2.24) is 9.97 Å². The maximum absolute atomic E-state index is 13.7. The van der Waals surface area contributed by atoms with Gasteiger partial charge >= 0.3 is 0 Å². The van der Waals surface area contributed by atoms with Gasteiger partial charge in [0.15, 0.2) is 16.8 Å². The first-order valence-electron chi connectivity index (χ1n) is 9.74. The summed E-state index contributed by atoms with van der Waals surface area (Å²) in [6.07, 6.45) is 7.76. The number of anilines is 1. The van der Waals surface area contributed by atoms with Crippen LogP contribution in [0.15, 0.2) is 42.6 Å². The Hall–Kier alpha value is -2.80. The van der Waals surface area contributed by atoms with Gasteiger partial charge in [0.05, 0.1) is 15.7 Å². The van der Waals surface area contributed by atoms with Crippen molar-refractivity contribution in [3.63, 3.8) is 0 Å². The lowest BCUT2D eigenvalue weighted by atomic mass is 9.96. The van der Waals surface area contributed by atoms with E-state index in [0.717, 1.165) is 27.5 Å². The molecule has 0 radical (unpaired) electrons. The molecule has 29 heavy (non-hydrogen) atoms. The molecular formula is C22H19F2N3OS. The van der Waals surface area contributed by atoms with Crippen molar-refractivity contribution < 1.29 is 13.5 Å². The zero-order chi connectivity index (χ0) is 19.8. The number of hydrogen-bond donors (Lipinski definition) is 1. The Morgan fingerprint density at radius 2 is 1.79 bits per heavy atom. The number of pyridine rings is 1. The van der Waals surface area contributed by atoms with Gasteiger partial charge in [-0.1, -0.05) is 30.6 Å². The summed E-state index contributed by atoms with van der Waals surface area (Å²) in [5, 5.41) is 4.91. The number of benzene rings is 2.